The van der Waals surface area contributed by atoms with Gasteiger partial charge in [0.25, 0.3) is 0 Å². The predicted molar refractivity (Wildman–Crippen MR) is 106 cm³/mol. The largest absolute Gasteiger partial charge is 0.481 e. The Hall–Kier alpha value is -3.69. The molecule has 196 valence electrons. The van der Waals surface area contributed by atoms with Crippen LogP contribution in [0.15, 0.2) is 12.1 Å². The normalized spacial score (nSPS) is 15.3. The van der Waals surface area contributed by atoms with E-state index in [4.69, 9.17) is 5.11 Å². The number of hydrogen-bond acceptors (Lipinski definition) is 6. The number of carboxylic acid groups (broad SMARTS) is 2. The van der Waals surface area contributed by atoms with Gasteiger partial charge in [0.2, 0.25) is 11.7 Å². The van der Waals surface area contributed by atoms with Gasteiger partial charge >= 0.3 is 18.1 Å². The monoisotopic (exact) mass is 523 g/mol. The maximum atomic E-state index is 14.2. The molecule has 1 aliphatic rings. The number of alkyl halides is 3. The summed E-state index contributed by atoms with van der Waals surface area (Å²) in [5.74, 6) is -9.21. The van der Waals surface area contributed by atoms with Crippen molar-refractivity contribution in [2.45, 2.75) is 50.6 Å². The average Bonchev–Trinajstić information content (AvgIpc) is 3.20. The number of amides is 1. The number of nitrogens with one attached hydrogen (secondary N) is 1. The van der Waals surface area contributed by atoms with Crippen molar-refractivity contribution in [1.29, 1.82) is 0 Å². The number of carbonyl (C=O) groups excluding carboxylic acids is 1. The molecular formula is C20H19F6N5O5. The van der Waals surface area contributed by atoms with Gasteiger partial charge in [-0.2, -0.15) is 13.2 Å². The molecule has 1 aromatic carbocycles. The second-order valence-electron chi connectivity index (χ2n) is 8.02. The van der Waals surface area contributed by atoms with Crippen LogP contribution in [0.1, 0.15) is 30.1 Å². The van der Waals surface area contributed by atoms with Gasteiger partial charge in [-0.05, 0) is 18.1 Å². The van der Waals surface area contributed by atoms with Gasteiger partial charge in [0, 0.05) is 31.6 Å². The molecule has 1 aliphatic heterocycles. The Morgan fingerprint density at radius 1 is 1.00 bits per heavy atom. The summed E-state index contributed by atoms with van der Waals surface area (Å²) in [4.78, 5) is 36.5. The minimum atomic E-state index is -4.75. The lowest BCUT2D eigenvalue weighted by molar-refractivity contribution is -0.148. The van der Waals surface area contributed by atoms with Crippen LogP contribution < -0.4 is 5.32 Å². The number of carbonyl (C=O) groups is 3. The highest BCUT2D eigenvalue weighted by atomic mass is 19.4. The van der Waals surface area contributed by atoms with E-state index >= 15 is 0 Å². The van der Waals surface area contributed by atoms with Crippen LogP contribution in [0.5, 0.6) is 0 Å². The van der Waals surface area contributed by atoms with Crippen LogP contribution in [0.4, 0.5) is 26.3 Å². The van der Waals surface area contributed by atoms with Crippen LogP contribution >= 0.6 is 0 Å². The standard InChI is InChI=1S/C20H19F6N5O5/c21-11-6-13(23)12(22)4-9(11)3-10(27-14(18(35)36)7-17(33)34)5-16(32)30-1-2-31-15(8-30)28-29-19(31)20(24,25)26/h4,6,10,14,27H,1-3,5,7-8H2,(H,33,34)(H,35,36). The molecule has 0 spiro atoms. The first-order chi connectivity index (χ1) is 16.8. The summed E-state index contributed by atoms with van der Waals surface area (Å²) in [7, 11) is 0. The highest BCUT2D eigenvalue weighted by Crippen LogP contribution is 2.29. The Labute approximate surface area is 198 Å². The number of rotatable bonds is 9. The highest BCUT2D eigenvalue weighted by Gasteiger charge is 2.40. The molecule has 3 N–H and O–H groups in total. The maximum absolute atomic E-state index is 14.2. The van der Waals surface area contributed by atoms with Crippen LogP contribution in [-0.2, 0) is 40.1 Å². The smallest absolute Gasteiger partial charge is 0.451 e. The van der Waals surface area contributed by atoms with E-state index in [1.807, 2.05) is 0 Å². The third kappa shape index (κ3) is 6.30. The van der Waals surface area contributed by atoms with E-state index in [1.54, 1.807) is 0 Å². The molecule has 2 atom stereocenters. The molecule has 2 aromatic rings. The topological polar surface area (TPSA) is 138 Å². The summed E-state index contributed by atoms with van der Waals surface area (Å²) in [5, 5.41) is 27.2. The van der Waals surface area contributed by atoms with Gasteiger partial charge in [0.1, 0.15) is 11.9 Å². The Bertz CT molecular complexity index is 1170. The van der Waals surface area contributed by atoms with E-state index in [1.165, 1.54) is 0 Å². The summed E-state index contributed by atoms with van der Waals surface area (Å²) in [6.07, 6.45) is -6.76. The van der Waals surface area contributed by atoms with Crippen molar-refractivity contribution < 1.29 is 50.9 Å². The molecule has 10 nitrogen and oxygen atoms in total. The predicted octanol–water partition coefficient (Wildman–Crippen LogP) is 1.58. The molecule has 0 saturated carbocycles. The van der Waals surface area contributed by atoms with Gasteiger partial charge in [0.15, 0.2) is 17.5 Å². The highest BCUT2D eigenvalue weighted by molar-refractivity contribution is 5.81. The summed E-state index contributed by atoms with van der Waals surface area (Å²) in [6, 6.07) is -2.18. The molecule has 3 rings (SSSR count). The molecule has 2 heterocycles. The van der Waals surface area contributed by atoms with E-state index < -0.39 is 84.2 Å². The van der Waals surface area contributed by atoms with E-state index in [-0.39, 0.29) is 31.5 Å². The third-order valence-corrected chi connectivity index (χ3v) is 5.45. The second-order valence-corrected chi connectivity index (χ2v) is 8.02. The van der Waals surface area contributed by atoms with Crippen molar-refractivity contribution in [3.63, 3.8) is 0 Å². The lowest BCUT2D eigenvalue weighted by Crippen LogP contribution is -2.48. The third-order valence-electron chi connectivity index (χ3n) is 5.45. The minimum absolute atomic E-state index is 0.146. The zero-order valence-electron chi connectivity index (χ0n) is 18.2. The SMILES string of the molecule is O=C(O)CC(NC(CC(=O)N1CCn2c(nnc2C(F)(F)F)C1)Cc1cc(F)c(F)cc1F)C(=O)O. The molecule has 2 unspecified atom stereocenters. The molecule has 1 amide bonds. The van der Waals surface area contributed by atoms with Crippen LogP contribution in [0.25, 0.3) is 0 Å². The first kappa shape index (κ1) is 26.9. The summed E-state index contributed by atoms with van der Waals surface area (Å²) >= 11 is 0. The Balaban J connectivity index is 1.81. The number of carboxylic acids is 2. The van der Waals surface area contributed by atoms with Crippen LogP contribution in [0.2, 0.25) is 0 Å². The molecule has 36 heavy (non-hydrogen) atoms. The quantitative estimate of drug-likeness (QED) is 0.333. The van der Waals surface area contributed by atoms with Crippen molar-refractivity contribution in [2.75, 3.05) is 6.54 Å². The Kier molecular flexibility index (Phi) is 7.86. The van der Waals surface area contributed by atoms with Crippen molar-refractivity contribution in [3.8, 4) is 0 Å². The van der Waals surface area contributed by atoms with Gasteiger partial charge in [-0.15, -0.1) is 10.2 Å². The first-order valence-corrected chi connectivity index (χ1v) is 10.4. The number of aromatic nitrogens is 3. The van der Waals surface area contributed by atoms with Crippen molar-refractivity contribution in [2.24, 2.45) is 0 Å². The van der Waals surface area contributed by atoms with Crippen molar-refractivity contribution in [3.05, 3.63) is 46.8 Å². The molecule has 0 fully saturated rings. The van der Waals surface area contributed by atoms with Gasteiger partial charge in [-0.3, -0.25) is 14.4 Å². The van der Waals surface area contributed by atoms with Crippen molar-refractivity contribution >= 4 is 17.8 Å². The zero-order chi connectivity index (χ0) is 26.8. The lowest BCUT2D eigenvalue weighted by atomic mass is 10.00. The van der Waals surface area contributed by atoms with Gasteiger partial charge in [0.05, 0.1) is 13.0 Å². The fourth-order valence-corrected chi connectivity index (χ4v) is 3.77. The lowest BCUT2D eigenvalue weighted by Gasteiger charge is -2.30. The number of fused-ring (bicyclic) bond motifs is 1. The van der Waals surface area contributed by atoms with Gasteiger partial charge in [-0.1, -0.05) is 0 Å². The van der Waals surface area contributed by atoms with E-state index in [0.29, 0.717) is 6.07 Å². The second kappa shape index (κ2) is 10.5. The Morgan fingerprint density at radius 3 is 2.28 bits per heavy atom. The van der Waals surface area contributed by atoms with E-state index in [2.05, 4.69) is 15.5 Å². The molecular weight excluding hydrogens is 504 g/mol. The van der Waals surface area contributed by atoms with Crippen LogP contribution in [-0.4, -0.2) is 66.4 Å². The fraction of sp³-hybridized carbons (Fsp3) is 0.450. The number of aliphatic carboxylic acids is 2. The van der Waals surface area contributed by atoms with Crippen LogP contribution in [0, 0.1) is 17.5 Å². The summed E-state index contributed by atoms with van der Waals surface area (Å²) in [5.41, 5.74) is -0.410. The zero-order valence-corrected chi connectivity index (χ0v) is 18.2. The van der Waals surface area contributed by atoms with Gasteiger partial charge < -0.3 is 25.0 Å². The fourth-order valence-electron chi connectivity index (χ4n) is 3.77. The molecule has 0 radical (unpaired) electrons. The van der Waals surface area contributed by atoms with Gasteiger partial charge in [-0.25, -0.2) is 13.2 Å². The number of nitrogens with zero attached hydrogens (tertiary/aromatic N) is 4. The van der Waals surface area contributed by atoms with E-state index in [9.17, 15) is 45.8 Å². The average molecular weight is 523 g/mol. The number of halogens is 6. The first-order valence-electron chi connectivity index (χ1n) is 10.4. The van der Waals surface area contributed by atoms with Crippen molar-refractivity contribution in [1.82, 2.24) is 25.0 Å². The number of benzene rings is 1. The summed E-state index contributed by atoms with van der Waals surface area (Å²) in [6.45, 7) is -0.821. The molecule has 16 heteroatoms. The number of hydrogen-bond donors (Lipinski definition) is 3. The summed E-state index contributed by atoms with van der Waals surface area (Å²) < 4.78 is 81.0. The molecule has 1 aromatic heterocycles. The van der Waals surface area contributed by atoms with Crippen LogP contribution in [0.3, 0.4) is 0 Å². The molecule has 0 bridgehead atoms. The Morgan fingerprint density at radius 2 is 1.67 bits per heavy atom. The molecule has 0 aliphatic carbocycles. The molecule has 0 saturated heterocycles. The minimum Gasteiger partial charge on any atom is -0.481 e. The van der Waals surface area contributed by atoms with E-state index in [0.717, 1.165) is 9.47 Å². The maximum Gasteiger partial charge on any atom is 0.451 e.